The Hall–Kier alpha value is -1.42. The van der Waals surface area contributed by atoms with E-state index < -0.39 is 0 Å². The van der Waals surface area contributed by atoms with Gasteiger partial charge in [-0.3, -0.25) is 9.78 Å². The summed E-state index contributed by atoms with van der Waals surface area (Å²) in [5.74, 6) is 0.857. The van der Waals surface area contributed by atoms with E-state index in [-0.39, 0.29) is 12.0 Å². The second-order valence-electron chi connectivity index (χ2n) is 5.08. The van der Waals surface area contributed by atoms with Crippen LogP contribution in [0, 0.1) is 11.8 Å². The van der Waals surface area contributed by atoms with E-state index in [0.717, 1.165) is 13.0 Å². The van der Waals surface area contributed by atoms with Gasteiger partial charge in [-0.05, 0) is 24.5 Å². The van der Waals surface area contributed by atoms with E-state index in [9.17, 15) is 4.79 Å². The highest BCUT2D eigenvalue weighted by atomic mass is 16.5. The number of nitrogens with one attached hydrogen (secondary N) is 1. The zero-order valence-electron chi connectivity index (χ0n) is 10.9. The molecule has 0 bridgehead atoms. The van der Waals surface area contributed by atoms with Crippen molar-refractivity contribution in [3.63, 3.8) is 0 Å². The van der Waals surface area contributed by atoms with Gasteiger partial charge in [0, 0.05) is 31.5 Å². The van der Waals surface area contributed by atoms with Crippen LogP contribution in [0.3, 0.4) is 0 Å². The monoisotopic (exact) mass is 248 g/mol. The predicted molar refractivity (Wildman–Crippen MR) is 69.3 cm³/mol. The lowest BCUT2D eigenvalue weighted by Gasteiger charge is -2.22. The molecule has 0 aliphatic carbocycles. The second-order valence-corrected chi connectivity index (χ2v) is 5.08. The molecule has 0 saturated carbocycles. The standard InChI is InChI=1S/C14H20N2O2/c1-10(2)13-11(5-7-18-13)9-16-14(17)12-4-3-6-15-8-12/h3-4,6,8,10-11,13H,5,7,9H2,1-2H3,(H,16,17). The molecule has 18 heavy (non-hydrogen) atoms. The lowest BCUT2D eigenvalue weighted by Crippen LogP contribution is -2.34. The third-order valence-corrected chi connectivity index (χ3v) is 3.37. The minimum absolute atomic E-state index is 0.0579. The van der Waals surface area contributed by atoms with E-state index in [2.05, 4.69) is 24.1 Å². The van der Waals surface area contributed by atoms with Gasteiger partial charge in [-0.15, -0.1) is 0 Å². The van der Waals surface area contributed by atoms with Gasteiger partial charge >= 0.3 is 0 Å². The summed E-state index contributed by atoms with van der Waals surface area (Å²) in [5.41, 5.74) is 0.609. The molecule has 1 aliphatic heterocycles. The number of rotatable bonds is 4. The molecule has 98 valence electrons. The minimum Gasteiger partial charge on any atom is -0.378 e. The van der Waals surface area contributed by atoms with Crippen LogP contribution in [-0.2, 0) is 4.74 Å². The fourth-order valence-corrected chi connectivity index (χ4v) is 2.43. The Morgan fingerprint density at radius 2 is 2.44 bits per heavy atom. The van der Waals surface area contributed by atoms with Crippen LogP contribution < -0.4 is 5.32 Å². The van der Waals surface area contributed by atoms with Crippen molar-refractivity contribution in [2.75, 3.05) is 13.2 Å². The maximum absolute atomic E-state index is 11.9. The smallest absolute Gasteiger partial charge is 0.252 e. The molecule has 2 unspecified atom stereocenters. The molecule has 0 radical (unpaired) electrons. The molecule has 0 spiro atoms. The van der Waals surface area contributed by atoms with E-state index in [1.165, 1.54) is 0 Å². The van der Waals surface area contributed by atoms with Crippen LogP contribution >= 0.6 is 0 Å². The molecule has 1 saturated heterocycles. The number of pyridine rings is 1. The normalized spacial score (nSPS) is 23.3. The van der Waals surface area contributed by atoms with Gasteiger partial charge in [-0.25, -0.2) is 0 Å². The molecular weight excluding hydrogens is 228 g/mol. The fraction of sp³-hybridized carbons (Fsp3) is 0.571. The number of aromatic nitrogens is 1. The summed E-state index contributed by atoms with van der Waals surface area (Å²) in [6.07, 6.45) is 4.53. The summed E-state index contributed by atoms with van der Waals surface area (Å²) >= 11 is 0. The minimum atomic E-state index is -0.0579. The van der Waals surface area contributed by atoms with Crippen LogP contribution in [0.2, 0.25) is 0 Å². The number of amides is 1. The molecule has 0 aromatic carbocycles. The first-order chi connectivity index (χ1) is 8.68. The highest BCUT2D eigenvalue weighted by Gasteiger charge is 2.30. The van der Waals surface area contributed by atoms with E-state index in [1.54, 1.807) is 24.5 Å². The summed E-state index contributed by atoms with van der Waals surface area (Å²) in [6, 6.07) is 3.54. The van der Waals surface area contributed by atoms with Gasteiger partial charge in [0.25, 0.3) is 5.91 Å². The van der Waals surface area contributed by atoms with E-state index in [0.29, 0.717) is 23.9 Å². The average molecular weight is 248 g/mol. The molecule has 1 aromatic rings. The molecule has 4 nitrogen and oxygen atoms in total. The summed E-state index contributed by atoms with van der Waals surface area (Å²) < 4.78 is 5.70. The molecule has 2 rings (SSSR count). The molecule has 1 aliphatic rings. The van der Waals surface area contributed by atoms with Gasteiger partial charge < -0.3 is 10.1 Å². The Bertz CT molecular complexity index is 392. The van der Waals surface area contributed by atoms with E-state index in [4.69, 9.17) is 4.74 Å². The summed E-state index contributed by atoms with van der Waals surface area (Å²) in [5, 5.41) is 2.97. The average Bonchev–Trinajstić information content (AvgIpc) is 2.85. The number of ether oxygens (including phenoxy) is 1. The van der Waals surface area contributed by atoms with Crippen LogP contribution in [0.15, 0.2) is 24.5 Å². The Balaban J connectivity index is 1.86. The van der Waals surface area contributed by atoms with Crippen molar-refractivity contribution in [1.29, 1.82) is 0 Å². The maximum atomic E-state index is 11.9. The first-order valence-corrected chi connectivity index (χ1v) is 6.48. The molecule has 2 atom stereocenters. The van der Waals surface area contributed by atoms with Crippen LogP contribution in [0.25, 0.3) is 0 Å². The van der Waals surface area contributed by atoms with Gasteiger partial charge in [0.1, 0.15) is 0 Å². The van der Waals surface area contributed by atoms with E-state index in [1.807, 2.05) is 0 Å². The Morgan fingerprint density at radius 1 is 1.61 bits per heavy atom. The second kappa shape index (κ2) is 5.96. The van der Waals surface area contributed by atoms with Crippen LogP contribution in [-0.4, -0.2) is 30.1 Å². The first-order valence-electron chi connectivity index (χ1n) is 6.48. The van der Waals surface area contributed by atoms with Gasteiger partial charge in [-0.1, -0.05) is 13.8 Å². The Morgan fingerprint density at radius 3 is 3.11 bits per heavy atom. The van der Waals surface area contributed by atoms with Crippen molar-refractivity contribution in [2.24, 2.45) is 11.8 Å². The molecule has 1 N–H and O–H groups in total. The third kappa shape index (κ3) is 3.07. The van der Waals surface area contributed by atoms with E-state index >= 15 is 0 Å². The van der Waals surface area contributed by atoms with Gasteiger partial charge in [0.15, 0.2) is 0 Å². The molecule has 1 amide bonds. The summed E-state index contributed by atoms with van der Waals surface area (Å²) in [6.45, 7) is 5.80. The highest BCUT2D eigenvalue weighted by molar-refractivity contribution is 5.93. The third-order valence-electron chi connectivity index (χ3n) is 3.37. The molecule has 1 aromatic heterocycles. The SMILES string of the molecule is CC(C)C1OCCC1CNC(=O)c1cccnc1. The largest absolute Gasteiger partial charge is 0.378 e. The maximum Gasteiger partial charge on any atom is 0.252 e. The van der Waals surface area contributed by atoms with Crippen molar-refractivity contribution >= 4 is 5.91 Å². The van der Waals surface area contributed by atoms with Gasteiger partial charge in [0.2, 0.25) is 0 Å². The quantitative estimate of drug-likeness (QED) is 0.885. The van der Waals surface area contributed by atoms with Crippen molar-refractivity contribution in [3.05, 3.63) is 30.1 Å². The molecule has 4 heteroatoms. The van der Waals surface area contributed by atoms with Crippen LogP contribution in [0.4, 0.5) is 0 Å². The fourth-order valence-electron chi connectivity index (χ4n) is 2.43. The van der Waals surface area contributed by atoms with Gasteiger partial charge in [0.05, 0.1) is 11.7 Å². The predicted octanol–water partition coefficient (Wildman–Crippen LogP) is 1.87. The first kappa shape index (κ1) is 13.0. The lowest BCUT2D eigenvalue weighted by atomic mass is 9.93. The van der Waals surface area contributed by atoms with Crippen molar-refractivity contribution in [3.8, 4) is 0 Å². The zero-order valence-corrected chi connectivity index (χ0v) is 10.9. The topological polar surface area (TPSA) is 51.2 Å². The molecule has 1 fully saturated rings. The highest BCUT2D eigenvalue weighted by Crippen LogP contribution is 2.26. The lowest BCUT2D eigenvalue weighted by molar-refractivity contribution is 0.0533. The zero-order chi connectivity index (χ0) is 13.0. The number of carbonyl (C=O) groups excluding carboxylic acids is 1. The molecule has 2 heterocycles. The number of nitrogens with zero attached hydrogens (tertiary/aromatic N) is 1. The van der Waals surface area contributed by atoms with Gasteiger partial charge in [-0.2, -0.15) is 0 Å². The number of carbonyl (C=O) groups is 1. The Kier molecular flexibility index (Phi) is 4.31. The molecular formula is C14H20N2O2. The summed E-state index contributed by atoms with van der Waals surface area (Å²) in [7, 11) is 0. The van der Waals surface area contributed by atoms with Crippen LogP contribution in [0.1, 0.15) is 30.6 Å². The van der Waals surface area contributed by atoms with Crippen LogP contribution in [0.5, 0.6) is 0 Å². The van der Waals surface area contributed by atoms with Crippen molar-refractivity contribution in [2.45, 2.75) is 26.4 Å². The number of hydrogen-bond donors (Lipinski definition) is 1. The van der Waals surface area contributed by atoms with Crippen molar-refractivity contribution in [1.82, 2.24) is 10.3 Å². The van der Waals surface area contributed by atoms with Crippen molar-refractivity contribution < 1.29 is 9.53 Å². The Labute approximate surface area is 108 Å². The number of hydrogen-bond acceptors (Lipinski definition) is 3. The summed E-state index contributed by atoms with van der Waals surface area (Å²) in [4.78, 5) is 15.8.